The van der Waals surface area contributed by atoms with E-state index in [1.54, 1.807) is 30.5 Å². The van der Waals surface area contributed by atoms with Gasteiger partial charge < -0.3 is 15.4 Å². The van der Waals surface area contributed by atoms with Gasteiger partial charge in [-0.15, -0.1) is 0 Å². The van der Waals surface area contributed by atoms with Gasteiger partial charge in [0.05, 0.1) is 5.69 Å². The van der Waals surface area contributed by atoms with E-state index in [1.807, 2.05) is 4.72 Å². The third-order valence-corrected chi connectivity index (χ3v) is 9.51. The second kappa shape index (κ2) is 11.6. The Hall–Kier alpha value is -4.04. The fraction of sp³-hybridized carbons (Fsp3) is 0.345. The molecular weight excluding hydrogens is 588 g/mol. The zero-order valence-electron chi connectivity index (χ0n) is 23.6. The zero-order valence-corrected chi connectivity index (χ0v) is 24.4. The largest absolute Gasteiger partial charge is 0.436 e. The molecule has 0 saturated carbocycles. The van der Waals surface area contributed by atoms with Crippen molar-refractivity contribution in [1.82, 2.24) is 20.3 Å². The molecule has 5 rings (SSSR count). The number of hydrogen-bond donors (Lipinski definition) is 3. The number of nitrogens with zero attached hydrogens (tertiary/aromatic N) is 3. The van der Waals surface area contributed by atoms with Crippen LogP contribution in [0.4, 0.5) is 29.1 Å². The highest BCUT2D eigenvalue weighted by atomic mass is 32.2. The maximum absolute atomic E-state index is 15.9. The number of sulfonamides is 1. The van der Waals surface area contributed by atoms with Gasteiger partial charge in [-0.1, -0.05) is 24.3 Å². The van der Waals surface area contributed by atoms with Gasteiger partial charge in [-0.3, -0.25) is 4.72 Å². The number of hydrogen-bond acceptors (Lipinski definition) is 8. The molecule has 1 fully saturated rings. The summed E-state index contributed by atoms with van der Waals surface area (Å²) in [4.78, 5) is 13.2. The van der Waals surface area contributed by atoms with Gasteiger partial charge in [-0.05, 0) is 52.3 Å². The van der Waals surface area contributed by atoms with Crippen LogP contribution in [0, 0.1) is 12.7 Å². The molecule has 1 aliphatic rings. The normalized spacial score (nSPS) is 16.2. The molecule has 0 aliphatic carbocycles. The van der Waals surface area contributed by atoms with Crippen LogP contribution in [0.3, 0.4) is 0 Å². The molecule has 2 aromatic carbocycles. The van der Waals surface area contributed by atoms with Crippen LogP contribution >= 0.6 is 0 Å². The van der Waals surface area contributed by atoms with Crippen LogP contribution in [0.5, 0.6) is 11.6 Å². The standard InChI is InChI=1S/C29H30F4N6O3S/c1-17-23(30)25(39-43(40,41)28(2,3)29(31,32)33)20-8-4-5-9-21(20)26(17)42-27-24(36-13-14-37-27)18-10-12-35-22(15-18)38-19-7-6-11-34-16-19/h4-5,8-10,12-15,19,34,39H,6-7,11,16H2,1-3H3,(H,35,38)/t19-/m0/s1. The Morgan fingerprint density at radius 2 is 1.74 bits per heavy atom. The minimum Gasteiger partial charge on any atom is -0.436 e. The van der Waals surface area contributed by atoms with Crippen molar-refractivity contribution in [2.45, 2.75) is 50.6 Å². The van der Waals surface area contributed by atoms with Crippen molar-refractivity contribution in [3.05, 3.63) is 66.4 Å². The second-order valence-corrected chi connectivity index (χ2v) is 13.0. The first-order valence-corrected chi connectivity index (χ1v) is 15.0. The van der Waals surface area contributed by atoms with Crippen LogP contribution < -0.4 is 20.1 Å². The minimum absolute atomic E-state index is 0.00378. The van der Waals surface area contributed by atoms with E-state index in [-0.39, 0.29) is 34.0 Å². The van der Waals surface area contributed by atoms with E-state index in [0.717, 1.165) is 25.9 Å². The Kier molecular flexibility index (Phi) is 8.18. The average molecular weight is 619 g/mol. The van der Waals surface area contributed by atoms with Crippen molar-refractivity contribution >= 4 is 32.3 Å². The van der Waals surface area contributed by atoms with Gasteiger partial charge in [0.25, 0.3) is 0 Å². The van der Waals surface area contributed by atoms with Crippen LogP contribution in [0.25, 0.3) is 22.0 Å². The number of halogens is 4. The van der Waals surface area contributed by atoms with Crippen molar-refractivity contribution in [3.63, 3.8) is 0 Å². The summed E-state index contributed by atoms with van der Waals surface area (Å²) in [6, 6.07) is 9.81. The highest BCUT2D eigenvalue weighted by Crippen LogP contribution is 2.44. The molecule has 0 spiro atoms. The monoisotopic (exact) mass is 618 g/mol. The van der Waals surface area contributed by atoms with Crippen LogP contribution in [-0.2, 0) is 10.0 Å². The molecule has 43 heavy (non-hydrogen) atoms. The van der Waals surface area contributed by atoms with Gasteiger partial charge in [0.2, 0.25) is 15.9 Å². The lowest BCUT2D eigenvalue weighted by atomic mass is 10.0. The van der Waals surface area contributed by atoms with Crippen LogP contribution in [0.1, 0.15) is 32.3 Å². The number of benzene rings is 2. The zero-order chi connectivity index (χ0) is 31.0. The molecular formula is C29H30F4N6O3S. The van der Waals surface area contributed by atoms with Gasteiger partial charge in [-0.2, -0.15) is 13.2 Å². The average Bonchev–Trinajstić information content (AvgIpc) is 2.98. The first kappa shape index (κ1) is 30.4. The summed E-state index contributed by atoms with van der Waals surface area (Å²) in [5.74, 6) is -0.405. The molecule has 0 amide bonds. The third-order valence-electron chi connectivity index (χ3n) is 7.47. The van der Waals surface area contributed by atoms with E-state index in [4.69, 9.17) is 4.74 Å². The SMILES string of the molecule is Cc1c(F)c(NS(=O)(=O)C(C)(C)C(F)(F)F)c2ccccc2c1Oc1nccnc1-c1ccnc(N[C@H]2CCCNC2)c1. The maximum Gasteiger partial charge on any atom is 0.409 e. The van der Waals surface area contributed by atoms with Crippen LogP contribution in [-0.4, -0.2) is 53.4 Å². The van der Waals surface area contributed by atoms with E-state index < -0.39 is 32.5 Å². The lowest BCUT2D eigenvalue weighted by Gasteiger charge is -2.28. The number of aromatic nitrogens is 3. The van der Waals surface area contributed by atoms with E-state index in [9.17, 15) is 21.6 Å². The number of ether oxygens (including phenoxy) is 1. The van der Waals surface area contributed by atoms with Crippen LogP contribution in [0.2, 0.25) is 0 Å². The molecule has 0 unspecified atom stereocenters. The van der Waals surface area contributed by atoms with Gasteiger partial charge in [0.1, 0.15) is 17.3 Å². The Balaban J connectivity index is 1.54. The van der Waals surface area contributed by atoms with Crippen molar-refractivity contribution in [3.8, 4) is 22.9 Å². The van der Waals surface area contributed by atoms with Crippen molar-refractivity contribution in [1.29, 1.82) is 0 Å². The molecule has 3 N–H and O–H groups in total. The summed E-state index contributed by atoms with van der Waals surface area (Å²) < 4.78 is 87.2. The fourth-order valence-electron chi connectivity index (χ4n) is 4.69. The van der Waals surface area contributed by atoms with Crippen molar-refractivity contribution in [2.24, 2.45) is 0 Å². The lowest BCUT2D eigenvalue weighted by molar-refractivity contribution is -0.152. The molecule has 9 nitrogen and oxygen atoms in total. The Bertz CT molecular complexity index is 1760. The fourth-order valence-corrected chi connectivity index (χ4v) is 5.72. The summed E-state index contributed by atoms with van der Waals surface area (Å²) in [6.07, 6.45) is 1.44. The number of anilines is 2. The second-order valence-electron chi connectivity index (χ2n) is 10.7. The molecule has 2 aromatic heterocycles. The summed E-state index contributed by atoms with van der Waals surface area (Å²) in [5.41, 5.74) is 0.222. The molecule has 1 atom stereocenters. The number of pyridine rings is 1. The number of rotatable bonds is 8. The van der Waals surface area contributed by atoms with E-state index >= 15 is 4.39 Å². The smallest absolute Gasteiger partial charge is 0.409 e. The molecule has 4 aromatic rings. The molecule has 1 saturated heterocycles. The highest BCUT2D eigenvalue weighted by molar-refractivity contribution is 7.94. The first-order valence-electron chi connectivity index (χ1n) is 13.5. The van der Waals surface area contributed by atoms with E-state index in [0.29, 0.717) is 30.9 Å². The predicted octanol–water partition coefficient (Wildman–Crippen LogP) is 6.18. The molecule has 228 valence electrons. The number of piperidine rings is 1. The summed E-state index contributed by atoms with van der Waals surface area (Å²) in [6.45, 7) is 4.15. The summed E-state index contributed by atoms with van der Waals surface area (Å²) >= 11 is 0. The van der Waals surface area contributed by atoms with Crippen molar-refractivity contribution in [2.75, 3.05) is 23.1 Å². The van der Waals surface area contributed by atoms with E-state index in [1.165, 1.54) is 31.5 Å². The molecule has 14 heteroatoms. The van der Waals surface area contributed by atoms with Gasteiger partial charge in [0, 0.05) is 53.1 Å². The van der Waals surface area contributed by atoms with Gasteiger partial charge in [0.15, 0.2) is 10.6 Å². The van der Waals surface area contributed by atoms with Gasteiger partial charge in [-0.25, -0.2) is 27.8 Å². The molecule has 0 bridgehead atoms. The number of nitrogens with one attached hydrogen (secondary N) is 3. The van der Waals surface area contributed by atoms with Crippen LogP contribution in [0.15, 0.2) is 55.0 Å². The maximum atomic E-state index is 15.9. The molecule has 0 radical (unpaired) electrons. The quantitative estimate of drug-likeness (QED) is 0.201. The Morgan fingerprint density at radius 1 is 1.02 bits per heavy atom. The Labute approximate surface area is 246 Å². The number of fused-ring (bicyclic) bond motifs is 1. The topological polar surface area (TPSA) is 118 Å². The number of alkyl halides is 3. The first-order chi connectivity index (χ1) is 20.3. The molecule has 3 heterocycles. The van der Waals surface area contributed by atoms with Crippen molar-refractivity contribution < 1.29 is 30.7 Å². The lowest BCUT2D eigenvalue weighted by Crippen LogP contribution is -2.49. The third kappa shape index (κ3) is 5.93. The van der Waals surface area contributed by atoms with E-state index in [2.05, 4.69) is 25.6 Å². The molecule has 1 aliphatic heterocycles. The predicted molar refractivity (Wildman–Crippen MR) is 156 cm³/mol. The Morgan fingerprint density at radius 3 is 2.44 bits per heavy atom. The summed E-state index contributed by atoms with van der Waals surface area (Å²) in [7, 11) is -5.12. The summed E-state index contributed by atoms with van der Waals surface area (Å²) in [5, 5.41) is 7.00. The minimum atomic E-state index is -5.12. The highest BCUT2D eigenvalue weighted by Gasteiger charge is 2.57. The van der Waals surface area contributed by atoms with Gasteiger partial charge >= 0.3 is 6.18 Å².